The molecule has 0 saturated carbocycles. The second-order valence-electron chi connectivity index (χ2n) is 4.43. The Kier molecular flexibility index (Phi) is 2.14. The van der Waals surface area contributed by atoms with E-state index in [1.165, 1.54) is 11.5 Å². The zero-order valence-corrected chi connectivity index (χ0v) is 12.0. The molecule has 0 fully saturated rings. The molecule has 2 aromatic carbocycles. The number of nitrogens with two attached hydrogens (primary N) is 1. The number of halogens is 1. The number of carbonyl (C=O) groups is 1. The predicted octanol–water partition coefficient (Wildman–Crippen LogP) is 3.85. The molecule has 19 heavy (non-hydrogen) atoms. The van der Waals surface area contributed by atoms with Crippen LogP contribution in [0, 0.1) is 0 Å². The summed E-state index contributed by atoms with van der Waals surface area (Å²) >= 11 is 4.91. The number of nitrogens with zero attached hydrogens (tertiary/aromatic N) is 1. The van der Waals surface area contributed by atoms with Gasteiger partial charge in [0.2, 0.25) is 0 Å². The summed E-state index contributed by atoms with van der Waals surface area (Å²) in [5.74, 6) is -0.0212. The highest BCUT2D eigenvalue weighted by atomic mass is 79.9. The lowest BCUT2D eigenvalue weighted by Gasteiger charge is -2.18. The van der Waals surface area contributed by atoms with Crippen molar-refractivity contribution in [3.8, 4) is 11.3 Å². The Morgan fingerprint density at radius 2 is 2.00 bits per heavy atom. The number of aromatic nitrogens is 1. The number of fused-ring (bicyclic) bond motifs is 2. The fourth-order valence-electron chi connectivity index (χ4n) is 2.56. The second kappa shape index (κ2) is 3.65. The Labute approximate surface area is 121 Å². The molecule has 0 radical (unpaired) electrons. The number of benzene rings is 2. The van der Waals surface area contributed by atoms with E-state index in [1.807, 2.05) is 24.3 Å². The second-order valence-corrected chi connectivity index (χ2v) is 6.08. The third kappa shape index (κ3) is 1.31. The molecule has 0 unspecified atom stereocenters. The molecule has 0 saturated heterocycles. The molecule has 0 bridgehead atoms. The molecule has 92 valence electrons. The standard InChI is InChI=1S/C14H7BrN2OS/c15-7-4-5-8(16)12-11(7)13-10-6(14(12)18)2-1-3-9(10)19-17-13/h1-5H,16H2. The molecular weight excluding hydrogens is 324 g/mol. The SMILES string of the molecule is Nc1ccc(Br)c2c1C(=O)c1cccc3snc-2c13. The van der Waals surface area contributed by atoms with Crippen molar-refractivity contribution in [1.82, 2.24) is 4.37 Å². The highest BCUT2D eigenvalue weighted by Crippen LogP contribution is 2.45. The van der Waals surface area contributed by atoms with E-state index in [2.05, 4.69) is 20.3 Å². The molecule has 2 N–H and O–H groups in total. The summed E-state index contributed by atoms with van der Waals surface area (Å²) in [6, 6.07) is 9.32. The fourth-order valence-corrected chi connectivity index (χ4v) is 3.88. The van der Waals surface area contributed by atoms with Crippen LogP contribution < -0.4 is 5.73 Å². The third-order valence-electron chi connectivity index (χ3n) is 3.39. The van der Waals surface area contributed by atoms with Crippen molar-refractivity contribution >= 4 is 49.0 Å². The van der Waals surface area contributed by atoms with Crippen LogP contribution in [0.4, 0.5) is 5.69 Å². The van der Waals surface area contributed by atoms with Gasteiger partial charge in [-0.2, -0.15) is 4.37 Å². The van der Waals surface area contributed by atoms with Crippen molar-refractivity contribution in [2.45, 2.75) is 0 Å². The molecule has 4 rings (SSSR count). The van der Waals surface area contributed by atoms with Crippen LogP contribution in [0.15, 0.2) is 34.8 Å². The summed E-state index contributed by atoms with van der Waals surface area (Å²) in [6.07, 6.45) is 0. The van der Waals surface area contributed by atoms with E-state index in [1.54, 1.807) is 6.07 Å². The molecule has 1 heterocycles. The van der Waals surface area contributed by atoms with E-state index in [-0.39, 0.29) is 5.78 Å². The summed E-state index contributed by atoms with van der Waals surface area (Å²) < 4.78 is 6.39. The Hall–Kier alpha value is -1.72. The van der Waals surface area contributed by atoms with Gasteiger partial charge in [-0.05, 0) is 29.7 Å². The summed E-state index contributed by atoms with van der Waals surface area (Å²) in [5, 5.41) is 0.941. The largest absolute Gasteiger partial charge is 0.398 e. The number of ketones is 1. The first-order valence-corrected chi connectivity index (χ1v) is 7.26. The van der Waals surface area contributed by atoms with Crippen LogP contribution >= 0.6 is 27.5 Å². The van der Waals surface area contributed by atoms with E-state index in [0.29, 0.717) is 16.8 Å². The number of rotatable bonds is 0. The van der Waals surface area contributed by atoms with Crippen LogP contribution in [0.25, 0.3) is 21.3 Å². The van der Waals surface area contributed by atoms with Crippen molar-refractivity contribution in [1.29, 1.82) is 0 Å². The first kappa shape index (κ1) is 11.1. The molecule has 1 aromatic heterocycles. The van der Waals surface area contributed by atoms with Gasteiger partial charge in [0.25, 0.3) is 0 Å². The normalized spacial score (nSPS) is 12.8. The fraction of sp³-hybridized carbons (Fsp3) is 0. The van der Waals surface area contributed by atoms with Crippen molar-refractivity contribution < 1.29 is 4.79 Å². The molecule has 1 aliphatic rings. The van der Waals surface area contributed by atoms with Gasteiger partial charge >= 0.3 is 0 Å². The minimum atomic E-state index is -0.0212. The van der Waals surface area contributed by atoms with Crippen LogP contribution in [0.3, 0.4) is 0 Å². The van der Waals surface area contributed by atoms with Crippen LogP contribution in [-0.2, 0) is 0 Å². The number of hydrogen-bond acceptors (Lipinski definition) is 4. The van der Waals surface area contributed by atoms with Crippen molar-refractivity contribution in [3.05, 3.63) is 45.9 Å². The number of anilines is 1. The zero-order valence-electron chi connectivity index (χ0n) is 9.61. The topological polar surface area (TPSA) is 56.0 Å². The first-order chi connectivity index (χ1) is 9.18. The Balaban J connectivity index is 2.28. The van der Waals surface area contributed by atoms with Gasteiger partial charge in [0.1, 0.15) is 0 Å². The maximum atomic E-state index is 12.6. The van der Waals surface area contributed by atoms with Crippen molar-refractivity contribution in [2.24, 2.45) is 0 Å². The number of nitrogen functional groups attached to an aromatic ring is 1. The third-order valence-corrected chi connectivity index (χ3v) is 4.87. The van der Waals surface area contributed by atoms with E-state index in [0.717, 1.165) is 25.8 Å². The Bertz CT molecular complexity index is 869. The van der Waals surface area contributed by atoms with E-state index >= 15 is 0 Å². The molecular formula is C14H7BrN2OS. The summed E-state index contributed by atoms with van der Waals surface area (Å²) in [4.78, 5) is 12.6. The lowest BCUT2D eigenvalue weighted by Crippen LogP contribution is -2.12. The smallest absolute Gasteiger partial charge is 0.196 e. The summed E-state index contributed by atoms with van der Waals surface area (Å²) in [5.41, 5.74) is 9.40. The highest BCUT2D eigenvalue weighted by molar-refractivity contribution is 9.10. The monoisotopic (exact) mass is 330 g/mol. The first-order valence-electron chi connectivity index (χ1n) is 5.70. The van der Waals surface area contributed by atoms with Gasteiger partial charge < -0.3 is 5.73 Å². The molecule has 1 aliphatic carbocycles. The van der Waals surface area contributed by atoms with Crippen LogP contribution in [0.5, 0.6) is 0 Å². The maximum Gasteiger partial charge on any atom is 0.196 e. The zero-order chi connectivity index (χ0) is 13.1. The lowest BCUT2D eigenvalue weighted by molar-refractivity contribution is 0.104. The molecule has 3 aromatic rings. The molecule has 5 heteroatoms. The van der Waals surface area contributed by atoms with Gasteiger partial charge in [0, 0.05) is 26.7 Å². The molecule has 0 spiro atoms. The molecule has 0 aliphatic heterocycles. The Morgan fingerprint density at radius 3 is 2.84 bits per heavy atom. The van der Waals surface area contributed by atoms with Gasteiger partial charge in [-0.3, -0.25) is 4.79 Å². The minimum absolute atomic E-state index is 0.0212. The molecule has 0 amide bonds. The van der Waals surface area contributed by atoms with Crippen LogP contribution in [-0.4, -0.2) is 10.2 Å². The predicted molar refractivity (Wildman–Crippen MR) is 80.6 cm³/mol. The van der Waals surface area contributed by atoms with Gasteiger partial charge in [0.15, 0.2) is 5.78 Å². The number of hydrogen-bond donors (Lipinski definition) is 1. The maximum absolute atomic E-state index is 12.6. The van der Waals surface area contributed by atoms with Gasteiger partial charge in [0.05, 0.1) is 16.0 Å². The number of carbonyl (C=O) groups excluding carboxylic acids is 1. The lowest BCUT2D eigenvalue weighted by atomic mass is 9.87. The van der Waals surface area contributed by atoms with Crippen molar-refractivity contribution in [2.75, 3.05) is 5.73 Å². The molecule has 3 nitrogen and oxygen atoms in total. The van der Waals surface area contributed by atoms with E-state index in [9.17, 15) is 4.79 Å². The summed E-state index contributed by atoms with van der Waals surface area (Å²) in [7, 11) is 0. The van der Waals surface area contributed by atoms with Crippen LogP contribution in [0.1, 0.15) is 15.9 Å². The Morgan fingerprint density at radius 1 is 1.16 bits per heavy atom. The van der Waals surface area contributed by atoms with Crippen molar-refractivity contribution in [3.63, 3.8) is 0 Å². The summed E-state index contributed by atoms with van der Waals surface area (Å²) in [6.45, 7) is 0. The average Bonchev–Trinajstić information content (AvgIpc) is 2.83. The molecule has 0 atom stereocenters. The average molecular weight is 331 g/mol. The quantitative estimate of drug-likeness (QED) is 0.498. The van der Waals surface area contributed by atoms with Crippen LogP contribution in [0.2, 0.25) is 0 Å². The van der Waals surface area contributed by atoms with E-state index in [4.69, 9.17) is 5.73 Å². The van der Waals surface area contributed by atoms with Gasteiger partial charge in [-0.1, -0.05) is 28.1 Å². The minimum Gasteiger partial charge on any atom is -0.398 e. The van der Waals surface area contributed by atoms with E-state index < -0.39 is 0 Å². The van der Waals surface area contributed by atoms with Gasteiger partial charge in [-0.15, -0.1) is 0 Å². The van der Waals surface area contributed by atoms with Gasteiger partial charge in [-0.25, -0.2) is 0 Å². The highest BCUT2D eigenvalue weighted by Gasteiger charge is 2.30.